The van der Waals surface area contributed by atoms with Crippen molar-refractivity contribution in [2.24, 2.45) is 0 Å². The summed E-state index contributed by atoms with van der Waals surface area (Å²) in [6.45, 7) is 3.65. The number of hydrogen-bond donors (Lipinski definition) is 1. The number of carbonyl (C=O) groups excluding carboxylic acids is 1. The van der Waals surface area contributed by atoms with Gasteiger partial charge in [-0.25, -0.2) is 8.78 Å². The number of nitrogens with zero attached hydrogens (tertiary/aromatic N) is 2. The van der Waals surface area contributed by atoms with Crippen LogP contribution < -0.4 is 0 Å². The number of carbonyl (C=O) groups is 1. The molecule has 4 nitrogen and oxygen atoms in total. The summed E-state index contributed by atoms with van der Waals surface area (Å²) in [5.74, 6) is -2.67. The van der Waals surface area contributed by atoms with E-state index in [0.717, 1.165) is 5.56 Å². The van der Waals surface area contributed by atoms with Crippen LogP contribution in [0, 0.1) is 6.92 Å². The zero-order valence-electron chi connectivity index (χ0n) is 14.0. The number of alkyl halides is 2. The minimum atomic E-state index is -2.58. The highest BCUT2D eigenvalue weighted by atomic mass is 19.3. The molecule has 1 aromatic rings. The van der Waals surface area contributed by atoms with Gasteiger partial charge in [-0.3, -0.25) is 9.69 Å². The van der Waals surface area contributed by atoms with Crippen LogP contribution in [0.2, 0.25) is 0 Å². The fraction of sp³-hybridized carbons (Fsp3) is 0.611. The number of aryl methyl sites for hydroxylation is 1. The first-order chi connectivity index (χ1) is 11.3. The lowest BCUT2D eigenvalue weighted by atomic mass is 10.00. The van der Waals surface area contributed by atoms with Gasteiger partial charge in [0.25, 0.3) is 11.8 Å². The van der Waals surface area contributed by atoms with Gasteiger partial charge in [-0.2, -0.15) is 0 Å². The monoisotopic (exact) mass is 338 g/mol. The Morgan fingerprint density at radius 2 is 1.75 bits per heavy atom. The largest absolute Gasteiger partial charge is 0.387 e. The van der Waals surface area contributed by atoms with Crippen LogP contribution in [-0.4, -0.2) is 65.1 Å². The second-order valence-corrected chi connectivity index (χ2v) is 7.20. The van der Waals surface area contributed by atoms with Gasteiger partial charge < -0.3 is 10.0 Å². The molecule has 2 heterocycles. The maximum Gasteiger partial charge on any atom is 0.253 e. The van der Waals surface area contributed by atoms with Gasteiger partial charge in [-0.1, -0.05) is 17.7 Å². The topological polar surface area (TPSA) is 43.8 Å². The molecule has 0 bridgehead atoms. The van der Waals surface area contributed by atoms with E-state index < -0.39 is 11.5 Å². The van der Waals surface area contributed by atoms with Crippen LogP contribution in [0.3, 0.4) is 0 Å². The van der Waals surface area contributed by atoms with E-state index >= 15 is 0 Å². The highest BCUT2D eigenvalue weighted by Crippen LogP contribution is 2.30. The fourth-order valence-corrected chi connectivity index (χ4v) is 3.49. The van der Waals surface area contributed by atoms with Crippen molar-refractivity contribution >= 4 is 5.91 Å². The summed E-state index contributed by atoms with van der Waals surface area (Å²) < 4.78 is 26.5. The van der Waals surface area contributed by atoms with Gasteiger partial charge in [0.05, 0.1) is 12.1 Å². The van der Waals surface area contributed by atoms with Gasteiger partial charge in [-0.05, 0) is 25.5 Å². The van der Waals surface area contributed by atoms with Crippen LogP contribution in [0.4, 0.5) is 8.78 Å². The van der Waals surface area contributed by atoms with E-state index in [0.29, 0.717) is 38.2 Å². The Balaban J connectivity index is 1.57. The van der Waals surface area contributed by atoms with Crippen LogP contribution in [0.1, 0.15) is 35.2 Å². The minimum absolute atomic E-state index is 0.0869. The molecule has 24 heavy (non-hydrogen) atoms. The molecule has 2 fully saturated rings. The van der Waals surface area contributed by atoms with E-state index in [2.05, 4.69) is 0 Å². The SMILES string of the molecule is Cc1ccc(C(=O)N2CC[C@@](O)(CN3CCC(F)(F)CC3)C2)cc1. The molecule has 132 valence electrons. The van der Waals surface area contributed by atoms with Crippen molar-refractivity contribution in [1.29, 1.82) is 0 Å². The molecule has 1 amide bonds. The lowest BCUT2D eigenvalue weighted by Crippen LogP contribution is -2.49. The molecule has 2 aliphatic rings. The Labute approximate surface area is 141 Å². The van der Waals surface area contributed by atoms with Crippen LogP contribution in [0.25, 0.3) is 0 Å². The fourth-order valence-electron chi connectivity index (χ4n) is 3.49. The first kappa shape index (κ1) is 17.3. The Morgan fingerprint density at radius 3 is 2.38 bits per heavy atom. The number of amides is 1. The third-order valence-electron chi connectivity index (χ3n) is 5.02. The number of piperidine rings is 1. The minimum Gasteiger partial charge on any atom is -0.387 e. The van der Waals surface area contributed by atoms with Crippen molar-refractivity contribution in [1.82, 2.24) is 9.80 Å². The highest BCUT2D eigenvalue weighted by Gasteiger charge is 2.42. The van der Waals surface area contributed by atoms with Crippen LogP contribution in [-0.2, 0) is 0 Å². The third kappa shape index (κ3) is 3.92. The van der Waals surface area contributed by atoms with Gasteiger partial charge in [0.2, 0.25) is 0 Å². The van der Waals surface area contributed by atoms with Gasteiger partial charge in [0, 0.05) is 44.6 Å². The maximum absolute atomic E-state index is 13.2. The van der Waals surface area contributed by atoms with E-state index in [1.165, 1.54) is 0 Å². The van der Waals surface area contributed by atoms with Crippen molar-refractivity contribution in [2.45, 2.75) is 37.7 Å². The van der Waals surface area contributed by atoms with Crippen LogP contribution >= 0.6 is 0 Å². The average molecular weight is 338 g/mol. The van der Waals surface area contributed by atoms with Gasteiger partial charge >= 0.3 is 0 Å². The molecule has 1 N–H and O–H groups in total. The molecule has 1 atom stereocenters. The number of halogens is 2. The van der Waals surface area contributed by atoms with Gasteiger partial charge in [0.15, 0.2) is 0 Å². The number of aliphatic hydroxyl groups is 1. The van der Waals surface area contributed by atoms with E-state index in [9.17, 15) is 18.7 Å². The normalized spacial score (nSPS) is 27.4. The Morgan fingerprint density at radius 1 is 1.12 bits per heavy atom. The number of hydrogen-bond acceptors (Lipinski definition) is 3. The molecule has 2 aliphatic heterocycles. The average Bonchev–Trinajstić information content (AvgIpc) is 2.92. The zero-order valence-corrected chi connectivity index (χ0v) is 14.0. The first-order valence-electron chi connectivity index (χ1n) is 8.45. The highest BCUT2D eigenvalue weighted by molar-refractivity contribution is 5.94. The molecule has 2 saturated heterocycles. The number of β-amino-alcohol motifs (C(OH)–C–C–N with tert-alkyl or cyclic N) is 1. The summed E-state index contributed by atoms with van der Waals surface area (Å²) in [5, 5.41) is 10.8. The predicted molar refractivity (Wildman–Crippen MR) is 87.3 cm³/mol. The molecule has 0 unspecified atom stereocenters. The number of benzene rings is 1. The summed E-state index contributed by atoms with van der Waals surface area (Å²) in [4.78, 5) is 16.1. The van der Waals surface area contributed by atoms with E-state index in [1.807, 2.05) is 24.0 Å². The summed E-state index contributed by atoms with van der Waals surface area (Å²) in [7, 11) is 0. The summed E-state index contributed by atoms with van der Waals surface area (Å²) in [5.41, 5.74) is 0.696. The van der Waals surface area contributed by atoms with Crippen LogP contribution in [0.15, 0.2) is 24.3 Å². The number of rotatable bonds is 3. The molecule has 0 aromatic heterocycles. The molecular formula is C18H24F2N2O2. The molecule has 0 saturated carbocycles. The summed E-state index contributed by atoms with van der Waals surface area (Å²) in [6, 6.07) is 7.37. The molecule has 0 aliphatic carbocycles. The van der Waals surface area contributed by atoms with Crippen molar-refractivity contribution in [2.75, 3.05) is 32.7 Å². The second-order valence-electron chi connectivity index (χ2n) is 7.20. The Hall–Kier alpha value is -1.53. The van der Waals surface area contributed by atoms with Gasteiger partial charge in [-0.15, -0.1) is 0 Å². The molecule has 0 spiro atoms. The first-order valence-corrected chi connectivity index (χ1v) is 8.45. The number of likely N-dealkylation sites (tertiary alicyclic amines) is 2. The molecule has 1 aromatic carbocycles. The quantitative estimate of drug-likeness (QED) is 0.920. The standard InChI is InChI=1S/C18H24F2N2O2/c1-14-2-4-15(5-3-14)16(23)22-11-6-17(24,13-22)12-21-9-7-18(19,20)8-10-21/h2-5,24H,6-13H2,1H3/t17-/m1/s1. The van der Waals surface area contributed by atoms with E-state index in [4.69, 9.17) is 0 Å². The molecule has 3 rings (SSSR count). The molecule has 0 radical (unpaired) electrons. The van der Waals surface area contributed by atoms with Crippen molar-refractivity contribution in [3.8, 4) is 0 Å². The summed E-state index contributed by atoms with van der Waals surface area (Å²) >= 11 is 0. The van der Waals surface area contributed by atoms with Gasteiger partial charge in [0.1, 0.15) is 0 Å². The lowest BCUT2D eigenvalue weighted by Gasteiger charge is -2.36. The van der Waals surface area contributed by atoms with Crippen LogP contribution in [0.5, 0.6) is 0 Å². The van der Waals surface area contributed by atoms with Crippen molar-refractivity contribution in [3.05, 3.63) is 35.4 Å². The Kier molecular flexibility index (Phi) is 4.62. The van der Waals surface area contributed by atoms with E-state index in [-0.39, 0.29) is 25.3 Å². The third-order valence-corrected chi connectivity index (χ3v) is 5.02. The summed E-state index contributed by atoms with van der Waals surface area (Å²) in [6.07, 6.45) is 0.168. The predicted octanol–water partition coefficient (Wildman–Crippen LogP) is 2.30. The lowest BCUT2D eigenvalue weighted by molar-refractivity contribution is -0.0720. The van der Waals surface area contributed by atoms with Crippen molar-refractivity contribution in [3.63, 3.8) is 0 Å². The van der Waals surface area contributed by atoms with E-state index in [1.54, 1.807) is 17.0 Å². The molecule has 6 heteroatoms. The maximum atomic E-state index is 13.2. The zero-order chi connectivity index (χ0) is 17.4. The Bertz CT molecular complexity index is 596. The smallest absolute Gasteiger partial charge is 0.253 e. The second kappa shape index (κ2) is 6.41. The van der Waals surface area contributed by atoms with Crippen molar-refractivity contribution < 1.29 is 18.7 Å². The molecular weight excluding hydrogens is 314 g/mol.